The minimum atomic E-state index is -0.251. The van der Waals surface area contributed by atoms with Crippen molar-refractivity contribution >= 4 is 11.3 Å². The predicted molar refractivity (Wildman–Crippen MR) is 72.9 cm³/mol. The molecule has 1 aromatic heterocycles. The van der Waals surface area contributed by atoms with Crippen molar-refractivity contribution in [1.29, 1.82) is 0 Å². The molecule has 0 saturated carbocycles. The van der Waals surface area contributed by atoms with Gasteiger partial charge in [-0.05, 0) is 37.0 Å². The van der Waals surface area contributed by atoms with Gasteiger partial charge in [-0.15, -0.1) is 11.3 Å². The SMILES string of the molecule is CNC(c1ccc(OC)cc1F)c1ccsc1C. The van der Waals surface area contributed by atoms with Gasteiger partial charge in [0.1, 0.15) is 11.6 Å². The normalized spacial score (nSPS) is 12.4. The second kappa shape index (κ2) is 5.50. The third-order valence-electron chi connectivity index (χ3n) is 3.02. The van der Waals surface area contributed by atoms with Crippen molar-refractivity contribution in [3.05, 3.63) is 51.5 Å². The van der Waals surface area contributed by atoms with Crippen LogP contribution in [-0.2, 0) is 0 Å². The van der Waals surface area contributed by atoms with Crippen LogP contribution >= 0.6 is 11.3 Å². The minimum Gasteiger partial charge on any atom is -0.497 e. The van der Waals surface area contributed by atoms with E-state index in [1.54, 1.807) is 23.5 Å². The topological polar surface area (TPSA) is 21.3 Å². The van der Waals surface area contributed by atoms with Crippen LogP contribution in [0.4, 0.5) is 4.39 Å². The van der Waals surface area contributed by atoms with Gasteiger partial charge in [0, 0.05) is 16.5 Å². The van der Waals surface area contributed by atoms with Gasteiger partial charge < -0.3 is 10.1 Å². The van der Waals surface area contributed by atoms with Gasteiger partial charge in [0.05, 0.1) is 13.2 Å². The zero-order chi connectivity index (χ0) is 13.1. The number of rotatable bonds is 4. The van der Waals surface area contributed by atoms with E-state index in [4.69, 9.17) is 4.74 Å². The van der Waals surface area contributed by atoms with E-state index in [0.717, 1.165) is 5.56 Å². The molecule has 4 heteroatoms. The molecule has 0 aliphatic heterocycles. The summed E-state index contributed by atoms with van der Waals surface area (Å²) in [6.45, 7) is 2.05. The van der Waals surface area contributed by atoms with Gasteiger partial charge in [-0.25, -0.2) is 4.39 Å². The molecule has 1 atom stereocenters. The van der Waals surface area contributed by atoms with Gasteiger partial charge in [-0.2, -0.15) is 0 Å². The molecule has 0 bridgehead atoms. The van der Waals surface area contributed by atoms with E-state index in [0.29, 0.717) is 11.3 Å². The number of thiophene rings is 1. The van der Waals surface area contributed by atoms with Gasteiger partial charge in [0.2, 0.25) is 0 Å². The Labute approximate surface area is 110 Å². The van der Waals surface area contributed by atoms with Crippen molar-refractivity contribution in [1.82, 2.24) is 5.32 Å². The Morgan fingerprint density at radius 1 is 1.28 bits per heavy atom. The highest BCUT2D eigenvalue weighted by Crippen LogP contribution is 2.30. The Morgan fingerprint density at radius 2 is 2.06 bits per heavy atom. The summed E-state index contributed by atoms with van der Waals surface area (Å²) < 4.78 is 19.1. The molecule has 1 unspecified atom stereocenters. The number of nitrogens with one attached hydrogen (secondary N) is 1. The highest BCUT2D eigenvalue weighted by atomic mass is 32.1. The highest BCUT2D eigenvalue weighted by Gasteiger charge is 2.18. The quantitative estimate of drug-likeness (QED) is 0.913. The number of benzene rings is 1. The smallest absolute Gasteiger partial charge is 0.132 e. The average Bonchev–Trinajstić information content (AvgIpc) is 2.78. The number of hydrogen-bond acceptors (Lipinski definition) is 3. The Morgan fingerprint density at radius 3 is 2.56 bits per heavy atom. The van der Waals surface area contributed by atoms with Crippen molar-refractivity contribution in [2.24, 2.45) is 0 Å². The first-order chi connectivity index (χ1) is 8.67. The van der Waals surface area contributed by atoms with E-state index >= 15 is 0 Å². The summed E-state index contributed by atoms with van der Waals surface area (Å²) in [4.78, 5) is 1.20. The lowest BCUT2D eigenvalue weighted by atomic mass is 9.99. The fourth-order valence-electron chi connectivity index (χ4n) is 2.04. The van der Waals surface area contributed by atoms with Gasteiger partial charge >= 0.3 is 0 Å². The molecule has 0 amide bonds. The van der Waals surface area contributed by atoms with Crippen LogP contribution in [0.15, 0.2) is 29.6 Å². The lowest BCUT2D eigenvalue weighted by Gasteiger charge is -2.18. The summed E-state index contributed by atoms with van der Waals surface area (Å²) in [7, 11) is 3.37. The van der Waals surface area contributed by atoms with Crippen molar-refractivity contribution in [2.75, 3.05) is 14.2 Å². The van der Waals surface area contributed by atoms with Crippen molar-refractivity contribution in [3.63, 3.8) is 0 Å². The molecule has 1 aromatic carbocycles. The lowest BCUT2D eigenvalue weighted by Crippen LogP contribution is -2.19. The van der Waals surface area contributed by atoms with Crippen LogP contribution in [-0.4, -0.2) is 14.2 Å². The molecule has 2 aromatic rings. The maximum atomic E-state index is 14.1. The van der Waals surface area contributed by atoms with Crippen molar-refractivity contribution in [3.8, 4) is 5.75 Å². The first-order valence-electron chi connectivity index (χ1n) is 5.72. The van der Waals surface area contributed by atoms with E-state index < -0.39 is 0 Å². The Balaban J connectivity index is 2.42. The van der Waals surface area contributed by atoms with Crippen LogP contribution < -0.4 is 10.1 Å². The maximum Gasteiger partial charge on any atom is 0.132 e. The molecule has 18 heavy (non-hydrogen) atoms. The molecule has 0 aliphatic carbocycles. The van der Waals surface area contributed by atoms with Gasteiger partial charge in [-0.3, -0.25) is 0 Å². The third-order valence-corrected chi connectivity index (χ3v) is 3.88. The zero-order valence-electron chi connectivity index (χ0n) is 10.7. The molecule has 96 valence electrons. The predicted octanol–water partition coefficient (Wildman–Crippen LogP) is 3.51. The van der Waals surface area contributed by atoms with Crippen molar-refractivity contribution in [2.45, 2.75) is 13.0 Å². The lowest BCUT2D eigenvalue weighted by molar-refractivity contribution is 0.410. The molecule has 2 nitrogen and oxygen atoms in total. The Hall–Kier alpha value is -1.39. The van der Waals surface area contributed by atoms with E-state index in [9.17, 15) is 4.39 Å². The molecule has 0 fully saturated rings. The van der Waals surface area contributed by atoms with Crippen LogP contribution in [0.1, 0.15) is 22.0 Å². The molecule has 0 radical (unpaired) electrons. The van der Waals surface area contributed by atoms with E-state index in [-0.39, 0.29) is 11.9 Å². The summed E-state index contributed by atoms with van der Waals surface area (Å²) >= 11 is 1.67. The van der Waals surface area contributed by atoms with Crippen LogP contribution in [0, 0.1) is 12.7 Å². The molecule has 1 N–H and O–H groups in total. The summed E-state index contributed by atoms with van der Waals surface area (Å²) in [6.07, 6.45) is 0. The van der Waals surface area contributed by atoms with Gasteiger partial charge in [0.25, 0.3) is 0 Å². The van der Waals surface area contributed by atoms with E-state index in [2.05, 4.69) is 5.32 Å². The Kier molecular flexibility index (Phi) is 3.99. The monoisotopic (exact) mass is 265 g/mol. The molecular formula is C14H16FNOS. The zero-order valence-corrected chi connectivity index (χ0v) is 11.5. The van der Waals surface area contributed by atoms with E-state index in [1.807, 2.05) is 25.4 Å². The summed E-state index contributed by atoms with van der Waals surface area (Å²) in [6, 6.07) is 6.88. The number of ether oxygens (including phenoxy) is 1. The van der Waals surface area contributed by atoms with Crippen LogP contribution in [0.25, 0.3) is 0 Å². The van der Waals surface area contributed by atoms with Crippen LogP contribution in [0.5, 0.6) is 5.75 Å². The summed E-state index contributed by atoms with van der Waals surface area (Å²) in [5, 5.41) is 5.19. The third kappa shape index (κ3) is 2.40. The standard InChI is InChI=1S/C14H16FNOS/c1-9-11(6-7-18-9)14(16-2)12-5-4-10(17-3)8-13(12)15/h4-8,14,16H,1-3H3. The molecule has 2 rings (SSSR count). The first kappa shape index (κ1) is 13.1. The molecule has 1 heterocycles. The highest BCUT2D eigenvalue weighted by molar-refractivity contribution is 7.10. The van der Waals surface area contributed by atoms with Gasteiger partial charge in [-0.1, -0.05) is 6.07 Å². The van der Waals surface area contributed by atoms with E-state index in [1.165, 1.54) is 18.1 Å². The number of aryl methyl sites for hydroxylation is 1. The largest absolute Gasteiger partial charge is 0.497 e. The number of halogens is 1. The minimum absolute atomic E-state index is 0.123. The first-order valence-corrected chi connectivity index (χ1v) is 6.60. The van der Waals surface area contributed by atoms with Crippen LogP contribution in [0.3, 0.4) is 0 Å². The summed E-state index contributed by atoms with van der Waals surface area (Å²) in [5.41, 5.74) is 1.76. The number of methoxy groups -OCH3 is 1. The fourth-order valence-corrected chi connectivity index (χ4v) is 2.78. The molecule has 0 spiro atoms. The molecule has 0 aliphatic rings. The fraction of sp³-hybridized carbons (Fsp3) is 0.286. The van der Waals surface area contributed by atoms with Crippen LogP contribution in [0.2, 0.25) is 0 Å². The van der Waals surface area contributed by atoms with Gasteiger partial charge in [0.15, 0.2) is 0 Å². The molecule has 0 saturated heterocycles. The molecular weight excluding hydrogens is 249 g/mol. The Bertz CT molecular complexity index is 538. The second-order valence-electron chi connectivity index (χ2n) is 4.04. The van der Waals surface area contributed by atoms with Crippen molar-refractivity contribution < 1.29 is 9.13 Å². The summed E-state index contributed by atoms with van der Waals surface area (Å²) in [5.74, 6) is 0.285. The average molecular weight is 265 g/mol. The maximum absolute atomic E-state index is 14.1. The second-order valence-corrected chi connectivity index (χ2v) is 5.16. The number of hydrogen-bond donors (Lipinski definition) is 1.